The highest BCUT2D eigenvalue weighted by Gasteiger charge is 2.23. The maximum atomic E-state index is 12.3. The topological polar surface area (TPSA) is 90.0 Å². The van der Waals surface area contributed by atoms with E-state index in [-0.39, 0.29) is 10.8 Å². The number of aromatic nitrogens is 2. The molecule has 0 fully saturated rings. The van der Waals surface area contributed by atoms with E-state index in [4.69, 9.17) is 5.73 Å². The van der Waals surface area contributed by atoms with E-state index in [0.717, 1.165) is 12.0 Å². The molecule has 1 aromatic heterocycles. The highest BCUT2D eigenvalue weighted by Crippen LogP contribution is 2.22. The van der Waals surface area contributed by atoms with Gasteiger partial charge in [0.2, 0.25) is 0 Å². The van der Waals surface area contributed by atoms with Crippen LogP contribution >= 0.6 is 0 Å². The molecule has 2 rings (SSSR count). The number of rotatable bonds is 4. The fourth-order valence-electron chi connectivity index (χ4n) is 1.89. The molecule has 2 aromatic rings. The summed E-state index contributed by atoms with van der Waals surface area (Å²) in [6, 6.07) is 7.26. The molecule has 6 nitrogen and oxygen atoms in total. The lowest BCUT2D eigenvalue weighted by molar-refractivity contribution is 0.592. The lowest BCUT2D eigenvalue weighted by atomic mass is 10.1. The van der Waals surface area contributed by atoms with Crippen LogP contribution in [0.1, 0.15) is 12.5 Å². The van der Waals surface area contributed by atoms with Crippen molar-refractivity contribution in [3.8, 4) is 0 Å². The third-order valence-corrected chi connectivity index (χ3v) is 4.30. The molecule has 0 unspecified atom stereocenters. The standard InChI is InChI=1S/C12H16N4O2S/c1-3-9-6-4-5-7-10(9)15-19(17,18)12-11(13)14-8-16(12)2/h4-8,15H,3,13H2,1-2H3. The predicted octanol–water partition coefficient (Wildman–Crippen LogP) is 1.37. The van der Waals surface area contributed by atoms with E-state index < -0.39 is 10.0 Å². The number of nitrogen functional groups attached to an aromatic ring is 1. The van der Waals surface area contributed by atoms with Gasteiger partial charge in [0.05, 0.1) is 12.0 Å². The maximum Gasteiger partial charge on any atom is 0.281 e. The molecule has 102 valence electrons. The number of nitrogens with zero attached hydrogens (tertiary/aromatic N) is 2. The maximum absolute atomic E-state index is 12.3. The van der Waals surface area contributed by atoms with Crippen LogP contribution in [0.5, 0.6) is 0 Å². The first-order valence-corrected chi connectivity index (χ1v) is 7.31. The van der Waals surface area contributed by atoms with Gasteiger partial charge in [0.1, 0.15) is 0 Å². The van der Waals surface area contributed by atoms with E-state index in [1.165, 1.54) is 10.9 Å². The van der Waals surface area contributed by atoms with Crippen LogP contribution in [0.4, 0.5) is 11.5 Å². The molecule has 0 saturated carbocycles. The average Bonchev–Trinajstić information content (AvgIpc) is 2.70. The fourth-order valence-corrected chi connectivity index (χ4v) is 3.23. The first-order chi connectivity index (χ1) is 8.95. The summed E-state index contributed by atoms with van der Waals surface area (Å²) in [7, 11) is -2.15. The zero-order chi connectivity index (χ0) is 14.0. The molecule has 7 heteroatoms. The first kappa shape index (κ1) is 13.4. The molecule has 3 N–H and O–H groups in total. The number of hydrogen-bond acceptors (Lipinski definition) is 4. The van der Waals surface area contributed by atoms with Crippen molar-refractivity contribution in [1.29, 1.82) is 0 Å². The van der Waals surface area contributed by atoms with Gasteiger partial charge in [-0.2, -0.15) is 8.42 Å². The van der Waals surface area contributed by atoms with Crippen LogP contribution in [0.3, 0.4) is 0 Å². The summed E-state index contributed by atoms with van der Waals surface area (Å²) in [4.78, 5) is 3.79. The normalized spacial score (nSPS) is 11.5. The van der Waals surface area contributed by atoms with Crippen LogP contribution in [-0.2, 0) is 23.5 Å². The van der Waals surface area contributed by atoms with Gasteiger partial charge in [-0.1, -0.05) is 25.1 Å². The van der Waals surface area contributed by atoms with Gasteiger partial charge in [0.15, 0.2) is 10.8 Å². The van der Waals surface area contributed by atoms with Crippen LogP contribution < -0.4 is 10.5 Å². The molecule has 0 saturated heterocycles. The molecule has 0 aliphatic carbocycles. The molecule has 0 bridgehead atoms. The third-order valence-electron chi connectivity index (χ3n) is 2.81. The van der Waals surface area contributed by atoms with E-state index in [2.05, 4.69) is 9.71 Å². The van der Waals surface area contributed by atoms with Gasteiger partial charge in [0.25, 0.3) is 10.0 Å². The molecule has 0 radical (unpaired) electrons. The molecule has 1 aromatic carbocycles. The van der Waals surface area contributed by atoms with Crippen molar-refractivity contribution in [2.45, 2.75) is 18.4 Å². The van der Waals surface area contributed by atoms with E-state index in [1.54, 1.807) is 19.2 Å². The Hall–Kier alpha value is -2.02. The van der Waals surface area contributed by atoms with Crippen molar-refractivity contribution in [2.24, 2.45) is 7.05 Å². The van der Waals surface area contributed by atoms with Gasteiger partial charge in [0, 0.05) is 7.05 Å². The number of sulfonamides is 1. The Labute approximate surface area is 112 Å². The summed E-state index contributed by atoms with van der Waals surface area (Å²) in [6.45, 7) is 1.96. The van der Waals surface area contributed by atoms with Crippen LogP contribution in [-0.4, -0.2) is 18.0 Å². The van der Waals surface area contributed by atoms with Gasteiger partial charge in [-0.3, -0.25) is 4.72 Å². The second-order valence-electron chi connectivity index (χ2n) is 4.16. The minimum Gasteiger partial charge on any atom is -0.381 e. The summed E-state index contributed by atoms with van der Waals surface area (Å²) in [6.07, 6.45) is 2.11. The molecule has 0 aliphatic heterocycles. The van der Waals surface area contributed by atoms with Crippen molar-refractivity contribution >= 4 is 21.5 Å². The smallest absolute Gasteiger partial charge is 0.281 e. The predicted molar refractivity (Wildman–Crippen MR) is 74.2 cm³/mol. The Kier molecular flexibility index (Phi) is 3.48. The van der Waals surface area contributed by atoms with Crippen LogP contribution in [0, 0.1) is 0 Å². The van der Waals surface area contributed by atoms with Crippen molar-refractivity contribution in [1.82, 2.24) is 9.55 Å². The molecule has 19 heavy (non-hydrogen) atoms. The third kappa shape index (κ3) is 2.55. The first-order valence-electron chi connectivity index (χ1n) is 5.83. The average molecular weight is 280 g/mol. The number of hydrogen-bond donors (Lipinski definition) is 2. The number of nitrogens with two attached hydrogens (primary N) is 1. The quantitative estimate of drug-likeness (QED) is 0.885. The van der Waals surface area contributed by atoms with Gasteiger partial charge < -0.3 is 10.3 Å². The largest absolute Gasteiger partial charge is 0.381 e. The van der Waals surface area contributed by atoms with Gasteiger partial charge in [-0.25, -0.2) is 4.98 Å². The molecule has 0 spiro atoms. The summed E-state index contributed by atoms with van der Waals surface area (Å²) in [5.74, 6) is -0.0102. The highest BCUT2D eigenvalue weighted by atomic mass is 32.2. The Morgan fingerprint density at radius 1 is 1.37 bits per heavy atom. The molecule has 0 amide bonds. The minimum absolute atomic E-state index is 0.0102. The molecule has 1 heterocycles. The molecule has 0 atom stereocenters. The SMILES string of the molecule is CCc1ccccc1NS(=O)(=O)c1c(N)ncn1C. The molecular formula is C12H16N4O2S. The van der Waals surface area contributed by atoms with E-state index in [0.29, 0.717) is 5.69 Å². The van der Waals surface area contributed by atoms with Gasteiger partial charge >= 0.3 is 0 Å². The van der Waals surface area contributed by atoms with Crippen LogP contribution in [0.25, 0.3) is 0 Å². The second-order valence-corrected chi connectivity index (χ2v) is 5.76. The van der Waals surface area contributed by atoms with Crippen molar-refractivity contribution in [2.75, 3.05) is 10.5 Å². The number of nitrogens with one attached hydrogen (secondary N) is 1. The van der Waals surface area contributed by atoms with Crippen LogP contribution in [0.15, 0.2) is 35.6 Å². The second kappa shape index (κ2) is 4.93. The van der Waals surface area contributed by atoms with Gasteiger partial charge in [-0.05, 0) is 18.1 Å². The Bertz CT molecular complexity index is 672. The zero-order valence-electron chi connectivity index (χ0n) is 10.8. The van der Waals surface area contributed by atoms with Crippen molar-refractivity contribution in [3.05, 3.63) is 36.2 Å². The zero-order valence-corrected chi connectivity index (χ0v) is 11.6. The fraction of sp³-hybridized carbons (Fsp3) is 0.250. The van der Waals surface area contributed by atoms with Gasteiger partial charge in [-0.15, -0.1) is 0 Å². The molecular weight excluding hydrogens is 264 g/mol. The number of aryl methyl sites for hydroxylation is 2. The number of benzene rings is 1. The summed E-state index contributed by atoms with van der Waals surface area (Å²) in [5, 5.41) is -0.0293. The number of para-hydroxylation sites is 1. The van der Waals surface area contributed by atoms with Crippen molar-refractivity contribution in [3.63, 3.8) is 0 Å². The summed E-state index contributed by atoms with van der Waals surface area (Å²) >= 11 is 0. The monoisotopic (exact) mass is 280 g/mol. The van der Waals surface area contributed by atoms with E-state index >= 15 is 0 Å². The summed E-state index contributed by atoms with van der Waals surface area (Å²) < 4.78 is 28.6. The van der Waals surface area contributed by atoms with Crippen molar-refractivity contribution < 1.29 is 8.42 Å². The lowest BCUT2D eigenvalue weighted by Gasteiger charge is -2.12. The lowest BCUT2D eigenvalue weighted by Crippen LogP contribution is -2.18. The Morgan fingerprint density at radius 2 is 2.05 bits per heavy atom. The van der Waals surface area contributed by atoms with Crippen LogP contribution in [0.2, 0.25) is 0 Å². The number of anilines is 2. The Balaban J connectivity index is 2.43. The number of imidazole rings is 1. The molecule has 0 aliphatic rings. The highest BCUT2D eigenvalue weighted by molar-refractivity contribution is 7.92. The Morgan fingerprint density at radius 3 is 2.63 bits per heavy atom. The van der Waals surface area contributed by atoms with E-state index in [1.807, 2.05) is 19.1 Å². The minimum atomic E-state index is -3.74. The summed E-state index contributed by atoms with van der Waals surface area (Å²) in [5.41, 5.74) is 7.08. The van der Waals surface area contributed by atoms with E-state index in [9.17, 15) is 8.42 Å².